The molecule has 4 N–H and O–H groups in total. The molecule has 280 valence electrons. The van der Waals surface area contributed by atoms with Crippen LogP contribution in [0.5, 0.6) is 0 Å². The Balaban J connectivity index is 1.40. The third-order valence-corrected chi connectivity index (χ3v) is 10.8. The smallest absolute Gasteiger partial charge is 0.347 e. The van der Waals surface area contributed by atoms with Gasteiger partial charge in [-0.3, -0.25) is 34.3 Å². The van der Waals surface area contributed by atoms with Gasteiger partial charge >= 0.3 is 6.18 Å². The van der Waals surface area contributed by atoms with E-state index in [9.17, 15) is 24.0 Å². The van der Waals surface area contributed by atoms with Gasteiger partial charge in [0, 0.05) is 25.0 Å². The van der Waals surface area contributed by atoms with Crippen molar-refractivity contribution in [3.8, 4) is 0 Å². The van der Waals surface area contributed by atoms with Crippen molar-refractivity contribution in [2.24, 2.45) is 17.8 Å². The van der Waals surface area contributed by atoms with Gasteiger partial charge in [-0.15, -0.1) is 0 Å². The van der Waals surface area contributed by atoms with Gasteiger partial charge in [-0.25, -0.2) is 4.98 Å². The molecule has 0 aromatic carbocycles. The van der Waals surface area contributed by atoms with Crippen LogP contribution in [0.25, 0.3) is 0 Å². The van der Waals surface area contributed by atoms with Crippen molar-refractivity contribution in [2.45, 2.75) is 133 Å². The summed E-state index contributed by atoms with van der Waals surface area (Å²) in [5.41, 5.74) is -0.0157. The summed E-state index contributed by atoms with van der Waals surface area (Å²) in [6, 6.07) is -7.50. The molecule has 4 amide bonds. The number of Topliss-reactive ketones (excluding diaryl/α,β-unsaturated/α-hetero) is 1. The Morgan fingerprint density at radius 1 is 0.980 bits per heavy atom. The van der Waals surface area contributed by atoms with Crippen LogP contribution in [-0.2, 0) is 19.2 Å². The third kappa shape index (κ3) is 9.32. The van der Waals surface area contributed by atoms with Crippen LogP contribution < -0.4 is 21.3 Å². The summed E-state index contributed by atoms with van der Waals surface area (Å²) in [6.07, 6.45) is 6.60. The summed E-state index contributed by atoms with van der Waals surface area (Å²) in [6.45, 7) is 7.31. The highest BCUT2D eigenvalue weighted by Crippen LogP contribution is 2.43. The minimum absolute atomic E-state index is 0.0476. The van der Waals surface area contributed by atoms with Crippen molar-refractivity contribution < 1.29 is 37.1 Å². The highest BCUT2D eigenvalue weighted by Gasteiger charge is 2.54. The number of ketones is 1. The first-order valence-electron chi connectivity index (χ1n) is 18.3. The molecule has 4 aliphatic rings. The highest BCUT2D eigenvalue weighted by atomic mass is 19.4. The van der Waals surface area contributed by atoms with Crippen molar-refractivity contribution in [1.29, 1.82) is 0 Å². The van der Waals surface area contributed by atoms with Crippen LogP contribution in [0.3, 0.4) is 0 Å². The van der Waals surface area contributed by atoms with Crippen molar-refractivity contribution >= 4 is 29.4 Å². The summed E-state index contributed by atoms with van der Waals surface area (Å²) < 4.78 is 45.4. The van der Waals surface area contributed by atoms with Crippen LogP contribution >= 0.6 is 0 Å². The first kappa shape index (κ1) is 38.4. The van der Waals surface area contributed by atoms with E-state index in [1.165, 1.54) is 30.4 Å². The molecule has 2 heterocycles. The summed E-state index contributed by atoms with van der Waals surface area (Å²) in [7, 11) is 0. The summed E-state index contributed by atoms with van der Waals surface area (Å²) in [4.78, 5) is 76.5. The van der Waals surface area contributed by atoms with E-state index in [-0.39, 0.29) is 42.1 Å². The largest absolute Gasteiger partial charge is 0.405 e. The van der Waals surface area contributed by atoms with E-state index in [0.29, 0.717) is 38.5 Å². The number of rotatable bonds is 15. The van der Waals surface area contributed by atoms with E-state index in [0.717, 1.165) is 32.1 Å². The number of halogens is 3. The van der Waals surface area contributed by atoms with E-state index >= 15 is 13.2 Å². The number of nitrogens with one attached hydrogen (secondary N) is 4. The standard InChI is InChI=1S/C36H50F3N7O5/c1-4-9-25(30(47)34(50)42-23-14-15-23)43-33(49)29-24-13-8-12-22(24)19-46(29)35(51)27(20(2)3)44-31(36(37,38)39)28(21-10-6-5-7-11-21)45-32(48)26-18-40-16-17-41-26/h16-18,21-25,27-29,31,44H,2,4-15,19H2,1,3H3,(H,42,50)(H,43,49)(H,45,48)/t22-,24-,25-,27-,28+,29-,31-/m0/s1. The van der Waals surface area contributed by atoms with Gasteiger partial charge in [-0.2, -0.15) is 13.2 Å². The number of carbonyl (C=O) groups excluding carboxylic acids is 5. The Morgan fingerprint density at radius 3 is 2.31 bits per heavy atom. The molecule has 1 aromatic rings. The van der Waals surface area contributed by atoms with E-state index in [1.807, 2.05) is 6.92 Å². The molecular formula is C36H50F3N7O5. The van der Waals surface area contributed by atoms with Crippen molar-refractivity contribution in [1.82, 2.24) is 36.1 Å². The van der Waals surface area contributed by atoms with Gasteiger partial charge in [0.2, 0.25) is 17.6 Å². The molecule has 3 saturated carbocycles. The lowest BCUT2D eigenvalue weighted by atomic mass is 9.80. The molecule has 0 radical (unpaired) electrons. The average Bonchev–Trinajstić information content (AvgIpc) is 3.67. The molecule has 4 fully saturated rings. The molecular weight excluding hydrogens is 667 g/mol. The van der Waals surface area contributed by atoms with Gasteiger partial charge in [-0.05, 0) is 69.6 Å². The van der Waals surface area contributed by atoms with Crippen molar-refractivity contribution in [2.75, 3.05) is 6.54 Å². The maximum Gasteiger partial charge on any atom is 0.405 e. The van der Waals surface area contributed by atoms with Gasteiger partial charge in [0.25, 0.3) is 11.8 Å². The molecule has 0 spiro atoms. The van der Waals surface area contributed by atoms with Crippen molar-refractivity contribution in [3.05, 3.63) is 36.4 Å². The number of fused-ring (bicyclic) bond motifs is 1. The van der Waals surface area contributed by atoms with Crippen LogP contribution in [0.15, 0.2) is 30.7 Å². The summed E-state index contributed by atoms with van der Waals surface area (Å²) in [5, 5.41) is 10.5. The average molecular weight is 718 g/mol. The second kappa shape index (κ2) is 16.6. The Kier molecular flexibility index (Phi) is 12.5. The lowest BCUT2D eigenvalue weighted by Gasteiger charge is -2.40. The van der Waals surface area contributed by atoms with E-state index in [2.05, 4.69) is 37.8 Å². The number of amides is 4. The predicted molar refractivity (Wildman–Crippen MR) is 181 cm³/mol. The number of carbonyl (C=O) groups is 5. The molecule has 15 heteroatoms. The zero-order valence-corrected chi connectivity index (χ0v) is 29.3. The molecule has 51 heavy (non-hydrogen) atoms. The number of hydrogen-bond donors (Lipinski definition) is 4. The molecule has 3 aliphatic carbocycles. The topological polar surface area (TPSA) is 162 Å². The zero-order valence-electron chi connectivity index (χ0n) is 29.3. The van der Waals surface area contributed by atoms with E-state index in [4.69, 9.17) is 0 Å². The summed E-state index contributed by atoms with van der Waals surface area (Å²) in [5.74, 6) is -4.51. The third-order valence-electron chi connectivity index (χ3n) is 10.8. The number of nitrogens with zero attached hydrogens (tertiary/aromatic N) is 3. The molecule has 0 unspecified atom stereocenters. The van der Waals surface area contributed by atoms with E-state index < -0.39 is 71.7 Å². The fraction of sp³-hybridized carbons (Fsp3) is 0.694. The summed E-state index contributed by atoms with van der Waals surface area (Å²) >= 11 is 0. The first-order chi connectivity index (χ1) is 24.3. The Labute approximate surface area is 296 Å². The van der Waals surface area contributed by atoms with Gasteiger partial charge in [0.1, 0.15) is 23.8 Å². The maximum absolute atomic E-state index is 15.1. The first-order valence-corrected chi connectivity index (χ1v) is 18.3. The number of hydrogen-bond acceptors (Lipinski definition) is 8. The zero-order chi connectivity index (χ0) is 36.9. The Bertz CT molecular complexity index is 1450. The molecule has 1 aromatic heterocycles. The fourth-order valence-corrected chi connectivity index (χ4v) is 8.11. The molecule has 5 rings (SSSR count). The lowest BCUT2D eigenvalue weighted by molar-refractivity contribution is -0.169. The Morgan fingerprint density at radius 2 is 1.71 bits per heavy atom. The van der Waals surface area contributed by atoms with Crippen LogP contribution in [0, 0.1) is 17.8 Å². The Hall–Kier alpha value is -3.88. The van der Waals surface area contributed by atoms with Gasteiger partial charge in [0.15, 0.2) is 0 Å². The van der Waals surface area contributed by atoms with Crippen LogP contribution in [0.2, 0.25) is 0 Å². The maximum atomic E-state index is 15.1. The quantitative estimate of drug-likeness (QED) is 0.159. The SMILES string of the molecule is C=C(C)[C@H](N[C@@H]([C@H](NC(=O)c1cnccn1)C1CCCCC1)C(F)(F)F)C(=O)N1C[C@@H]2CCC[C@@H]2[C@H]1C(=O)N[C@@H](CCC)C(=O)C(=O)NC1CC1. The second-order valence-electron chi connectivity index (χ2n) is 14.7. The molecule has 12 nitrogen and oxygen atoms in total. The molecule has 1 aliphatic heterocycles. The predicted octanol–water partition coefficient (Wildman–Crippen LogP) is 3.38. The van der Waals surface area contributed by atoms with Crippen molar-refractivity contribution in [3.63, 3.8) is 0 Å². The molecule has 7 atom stereocenters. The van der Waals surface area contributed by atoms with Gasteiger partial charge < -0.3 is 20.9 Å². The van der Waals surface area contributed by atoms with Crippen LogP contribution in [-0.4, -0.2) is 93.3 Å². The van der Waals surface area contributed by atoms with Crippen LogP contribution in [0.4, 0.5) is 13.2 Å². The minimum Gasteiger partial charge on any atom is -0.347 e. The lowest BCUT2D eigenvalue weighted by Crippen LogP contribution is -2.65. The highest BCUT2D eigenvalue weighted by molar-refractivity contribution is 6.38. The molecule has 1 saturated heterocycles. The minimum atomic E-state index is -4.89. The van der Waals surface area contributed by atoms with Gasteiger partial charge in [0.05, 0.1) is 18.3 Å². The van der Waals surface area contributed by atoms with Gasteiger partial charge in [-0.1, -0.05) is 51.2 Å². The fourth-order valence-electron chi connectivity index (χ4n) is 8.11. The monoisotopic (exact) mass is 717 g/mol. The normalized spacial score (nSPS) is 24.5. The van der Waals surface area contributed by atoms with E-state index in [1.54, 1.807) is 0 Å². The number of aromatic nitrogens is 2. The van der Waals surface area contributed by atoms with Crippen LogP contribution in [0.1, 0.15) is 101 Å². The molecule has 0 bridgehead atoms. The second-order valence-corrected chi connectivity index (χ2v) is 14.7. The number of likely N-dealkylation sites (tertiary alicyclic amines) is 1. The number of alkyl halides is 3.